The molecule has 26 heavy (non-hydrogen) atoms. The zero-order valence-corrected chi connectivity index (χ0v) is 14.0. The fourth-order valence-electron chi connectivity index (χ4n) is 2.12. The third kappa shape index (κ3) is 4.09. The number of rotatable bonds is 6. The summed E-state index contributed by atoms with van der Waals surface area (Å²) in [7, 11) is 0. The number of nitro groups is 1. The molecule has 3 rings (SSSR count). The summed E-state index contributed by atoms with van der Waals surface area (Å²) in [5.74, 6) is -0.304. The van der Waals surface area contributed by atoms with E-state index in [9.17, 15) is 19.3 Å². The predicted octanol–water partition coefficient (Wildman–Crippen LogP) is 2.71. The number of thioether (sulfide) groups is 1. The molecule has 0 saturated heterocycles. The van der Waals surface area contributed by atoms with Crippen molar-refractivity contribution in [3.8, 4) is 11.5 Å². The first-order chi connectivity index (χ1) is 12.5. The van der Waals surface area contributed by atoms with Crippen LogP contribution >= 0.6 is 11.8 Å². The van der Waals surface area contributed by atoms with Crippen molar-refractivity contribution in [3.63, 3.8) is 0 Å². The van der Waals surface area contributed by atoms with Crippen LogP contribution in [-0.4, -0.2) is 29.6 Å². The average Bonchev–Trinajstić information content (AvgIpc) is 3.07. The SMILES string of the molecule is O=C(CSc1ccccc1F)NN=Cc1cc2c(cc1[N+](=O)[O-])OCO2. The number of fused-ring (bicyclic) bond motifs is 1. The van der Waals surface area contributed by atoms with E-state index in [4.69, 9.17) is 9.47 Å². The van der Waals surface area contributed by atoms with Crippen LogP contribution in [0.4, 0.5) is 10.1 Å². The van der Waals surface area contributed by atoms with Gasteiger partial charge < -0.3 is 9.47 Å². The van der Waals surface area contributed by atoms with Gasteiger partial charge >= 0.3 is 0 Å². The molecule has 134 valence electrons. The minimum Gasteiger partial charge on any atom is -0.454 e. The quantitative estimate of drug-likeness (QED) is 0.359. The highest BCUT2D eigenvalue weighted by molar-refractivity contribution is 8.00. The van der Waals surface area contributed by atoms with Crippen molar-refractivity contribution in [2.45, 2.75) is 4.90 Å². The largest absolute Gasteiger partial charge is 0.454 e. The lowest BCUT2D eigenvalue weighted by molar-refractivity contribution is -0.385. The van der Waals surface area contributed by atoms with Gasteiger partial charge in [-0.3, -0.25) is 14.9 Å². The molecule has 1 aliphatic rings. The van der Waals surface area contributed by atoms with Gasteiger partial charge in [0.2, 0.25) is 12.7 Å². The number of carbonyl (C=O) groups excluding carboxylic acids is 1. The summed E-state index contributed by atoms with van der Waals surface area (Å²) in [6.45, 7) is -0.0168. The van der Waals surface area contributed by atoms with Crippen LogP contribution in [0.5, 0.6) is 11.5 Å². The molecule has 0 atom stereocenters. The molecule has 10 heteroatoms. The summed E-state index contributed by atoms with van der Waals surface area (Å²) in [6.07, 6.45) is 1.14. The molecule has 2 aromatic rings. The topological polar surface area (TPSA) is 103 Å². The molecular weight excluding hydrogens is 365 g/mol. The van der Waals surface area contributed by atoms with Crippen LogP contribution in [0.2, 0.25) is 0 Å². The Morgan fingerprint density at radius 3 is 2.81 bits per heavy atom. The molecule has 1 aliphatic heterocycles. The Kier molecular flexibility index (Phi) is 5.32. The summed E-state index contributed by atoms with van der Waals surface area (Å²) in [5.41, 5.74) is 2.17. The van der Waals surface area contributed by atoms with E-state index in [0.29, 0.717) is 10.6 Å². The van der Waals surface area contributed by atoms with Crippen LogP contribution in [0.15, 0.2) is 46.4 Å². The second-order valence-corrected chi connectivity index (χ2v) is 6.05. The van der Waals surface area contributed by atoms with E-state index in [1.54, 1.807) is 18.2 Å². The maximum Gasteiger partial charge on any atom is 0.282 e. The first kappa shape index (κ1) is 17.7. The first-order valence-corrected chi connectivity index (χ1v) is 8.30. The Morgan fingerprint density at radius 2 is 2.08 bits per heavy atom. The van der Waals surface area contributed by atoms with Gasteiger partial charge in [-0.2, -0.15) is 5.10 Å². The number of benzene rings is 2. The highest BCUT2D eigenvalue weighted by Crippen LogP contribution is 2.37. The standard InChI is InChI=1S/C16H12FN3O5S/c17-11-3-1-2-4-15(11)26-8-16(21)19-18-7-10-5-13-14(25-9-24-13)6-12(10)20(22)23/h1-7H,8-9H2,(H,19,21). The second kappa shape index (κ2) is 7.83. The number of hydrazone groups is 1. The van der Waals surface area contributed by atoms with Crippen molar-refractivity contribution < 1.29 is 23.6 Å². The minimum atomic E-state index is -0.584. The molecule has 1 heterocycles. The van der Waals surface area contributed by atoms with E-state index in [0.717, 1.165) is 18.0 Å². The van der Waals surface area contributed by atoms with E-state index >= 15 is 0 Å². The fourth-order valence-corrected chi connectivity index (χ4v) is 2.85. The number of hydrogen-bond donors (Lipinski definition) is 1. The van der Waals surface area contributed by atoms with Gasteiger partial charge in [-0.05, 0) is 18.2 Å². The van der Waals surface area contributed by atoms with Crippen LogP contribution in [0.1, 0.15) is 5.56 Å². The molecule has 0 aromatic heterocycles. The average molecular weight is 377 g/mol. The Balaban J connectivity index is 1.62. The van der Waals surface area contributed by atoms with Crippen LogP contribution in [0.25, 0.3) is 0 Å². The van der Waals surface area contributed by atoms with Gasteiger partial charge in [0.15, 0.2) is 11.5 Å². The molecule has 0 bridgehead atoms. The van der Waals surface area contributed by atoms with E-state index in [1.807, 2.05) is 0 Å². The highest BCUT2D eigenvalue weighted by Gasteiger charge is 2.22. The van der Waals surface area contributed by atoms with Crippen LogP contribution in [0, 0.1) is 15.9 Å². The minimum absolute atomic E-state index is 0.0168. The van der Waals surface area contributed by atoms with Gasteiger partial charge in [0.25, 0.3) is 5.69 Å². The zero-order chi connectivity index (χ0) is 18.5. The van der Waals surface area contributed by atoms with Crippen LogP contribution < -0.4 is 14.9 Å². The molecule has 0 fully saturated rings. The molecular formula is C16H12FN3O5S. The summed E-state index contributed by atoms with van der Waals surface area (Å²) < 4.78 is 23.7. The Morgan fingerprint density at radius 1 is 1.35 bits per heavy atom. The lowest BCUT2D eigenvalue weighted by Gasteiger charge is -2.02. The molecule has 1 N–H and O–H groups in total. The predicted molar refractivity (Wildman–Crippen MR) is 92.1 cm³/mol. The van der Waals surface area contributed by atoms with Gasteiger partial charge in [0.05, 0.1) is 28.5 Å². The number of ether oxygens (including phenoxy) is 2. The summed E-state index contributed by atoms with van der Waals surface area (Å²) >= 11 is 1.02. The number of nitro benzene ring substituents is 1. The van der Waals surface area contributed by atoms with Crippen LogP contribution in [-0.2, 0) is 4.79 Å². The van der Waals surface area contributed by atoms with E-state index in [-0.39, 0.29) is 29.5 Å². The van der Waals surface area contributed by atoms with Crippen molar-refractivity contribution in [1.82, 2.24) is 5.43 Å². The van der Waals surface area contributed by atoms with Crippen molar-refractivity contribution in [2.75, 3.05) is 12.5 Å². The zero-order valence-electron chi connectivity index (χ0n) is 13.2. The molecule has 0 aliphatic carbocycles. The lowest BCUT2D eigenvalue weighted by Crippen LogP contribution is -2.19. The molecule has 0 spiro atoms. The number of nitrogens with zero attached hydrogens (tertiary/aromatic N) is 2. The number of carbonyl (C=O) groups is 1. The van der Waals surface area contributed by atoms with Crippen molar-refractivity contribution >= 4 is 29.6 Å². The van der Waals surface area contributed by atoms with Gasteiger partial charge in [0.1, 0.15) is 5.82 Å². The monoisotopic (exact) mass is 377 g/mol. The molecule has 0 unspecified atom stereocenters. The normalized spacial score (nSPS) is 12.3. The van der Waals surface area contributed by atoms with Gasteiger partial charge in [0, 0.05) is 4.90 Å². The maximum atomic E-state index is 13.5. The Hall–Kier alpha value is -3.14. The van der Waals surface area contributed by atoms with Crippen molar-refractivity contribution in [1.29, 1.82) is 0 Å². The lowest BCUT2D eigenvalue weighted by atomic mass is 10.1. The molecule has 8 nitrogen and oxygen atoms in total. The van der Waals surface area contributed by atoms with Crippen molar-refractivity contribution in [2.24, 2.45) is 5.10 Å². The number of halogens is 1. The van der Waals surface area contributed by atoms with Gasteiger partial charge in [-0.1, -0.05) is 12.1 Å². The number of hydrogen-bond acceptors (Lipinski definition) is 7. The molecule has 2 aromatic carbocycles. The number of nitrogens with one attached hydrogen (secondary N) is 1. The first-order valence-electron chi connectivity index (χ1n) is 7.32. The maximum absolute atomic E-state index is 13.5. The van der Waals surface area contributed by atoms with Gasteiger partial charge in [-0.15, -0.1) is 11.8 Å². The van der Waals surface area contributed by atoms with E-state index < -0.39 is 16.6 Å². The fraction of sp³-hybridized carbons (Fsp3) is 0.125. The van der Waals surface area contributed by atoms with Crippen LogP contribution in [0.3, 0.4) is 0 Å². The highest BCUT2D eigenvalue weighted by atomic mass is 32.2. The third-order valence-electron chi connectivity index (χ3n) is 3.31. The molecule has 0 radical (unpaired) electrons. The number of amides is 1. The summed E-state index contributed by atoms with van der Waals surface area (Å²) in [5, 5.41) is 14.8. The smallest absolute Gasteiger partial charge is 0.282 e. The van der Waals surface area contributed by atoms with Gasteiger partial charge in [-0.25, -0.2) is 9.82 Å². The third-order valence-corrected chi connectivity index (χ3v) is 4.36. The summed E-state index contributed by atoms with van der Waals surface area (Å²) in [6, 6.07) is 8.73. The summed E-state index contributed by atoms with van der Waals surface area (Å²) in [4.78, 5) is 22.7. The second-order valence-electron chi connectivity index (χ2n) is 5.03. The Labute approximate surface area is 151 Å². The Bertz CT molecular complexity index is 890. The molecule has 0 saturated carbocycles. The van der Waals surface area contributed by atoms with Crippen molar-refractivity contribution in [3.05, 3.63) is 57.9 Å². The molecule has 1 amide bonds. The van der Waals surface area contributed by atoms with E-state index in [2.05, 4.69) is 10.5 Å². The van der Waals surface area contributed by atoms with E-state index in [1.165, 1.54) is 18.2 Å².